The first-order valence-corrected chi connectivity index (χ1v) is 11.2. The first-order chi connectivity index (χ1) is 14.8. The van der Waals surface area contributed by atoms with Crippen molar-refractivity contribution in [2.24, 2.45) is 5.92 Å². The van der Waals surface area contributed by atoms with Crippen molar-refractivity contribution in [1.82, 2.24) is 15.8 Å². The largest absolute Gasteiger partial charge is 0.508 e. The van der Waals surface area contributed by atoms with Crippen LogP contribution < -0.4 is 10.9 Å². The van der Waals surface area contributed by atoms with Crippen LogP contribution in [-0.4, -0.2) is 40.2 Å². The summed E-state index contributed by atoms with van der Waals surface area (Å²) in [5.41, 5.74) is 10.2. The molecule has 166 valence electrons. The summed E-state index contributed by atoms with van der Waals surface area (Å²) in [6.45, 7) is 6.67. The molecule has 2 aromatic rings. The monoisotopic (exact) mass is 443 g/mol. The van der Waals surface area contributed by atoms with E-state index in [9.17, 15) is 15.0 Å². The van der Waals surface area contributed by atoms with Crippen LogP contribution in [0.2, 0.25) is 5.02 Å². The minimum Gasteiger partial charge on any atom is -0.508 e. The molecule has 1 amide bonds. The maximum atomic E-state index is 13.3. The second kappa shape index (κ2) is 8.79. The van der Waals surface area contributed by atoms with Gasteiger partial charge >= 0.3 is 0 Å². The van der Waals surface area contributed by atoms with Crippen molar-refractivity contribution in [3.8, 4) is 5.75 Å². The van der Waals surface area contributed by atoms with Crippen molar-refractivity contribution in [3.05, 3.63) is 63.7 Å². The fourth-order valence-corrected chi connectivity index (χ4v) is 5.04. The fraction of sp³-hybridized carbons (Fsp3) is 0.458. The third kappa shape index (κ3) is 3.94. The third-order valence-corrected chi connectivity index (χ3v) is 6.97. The molecule has 0 aliphatic carbocycles. The molecule has 0 aromatic heterocycles. The standard InChI is InChI=1S/C24H30ClN3O3/c1-13(2)15-5-7-16(8-6-15)23-20-21(17-12-18(25)14(3)11-19(17)30)26-27-22(20)24(31)28(23)9-4-10-29/h5-8,11-13,20-23,26-27,29-30H,4,9-10H2,1-3H3. The minimum atomic E-state index is -0.419. The summed E-state index contributed by atoms with van der Waals surface area (Å²) < 4.78 is 0. The zero-order valence-corrected chi connectivity index (χ0v) is 18.9. The smallest absolute Gasteiger partial charge is 0.242 e. The molecule has 2 aliphatic heterocycles. The number of rotatable bonds is 6. The molecule has 2 aliphatic rings. The summed E-state index contributed by atoms with van der Waals surface area (Å²) in [5, 5.41) is 20.6. The number of aliphatic hydroxyl groups excluding tert-OH is 1. The Morgan fingerprint density at radius 2 is 1.81 bits per heavy atom. The van der Waals surface area contributed by atoms with Crippen LogP contribution >= 0.6 is 11.6 Å². The molecule has 4 rings (SSSR count). The van der Waals surface area contributed by atoms with E-state index >= 15 is 0 Å². The molecule has 2 heterocycles. The Hall–Kier alpha value is -2.12. The number of carbonyl (C=O) groups excluding carboxylic acids is 1. The molecule has 31 heavy (non-hydrogen) atoms. The van der Waals surface area contributed by atoms with Crippen LogP contribution in [0.25, 0.3) is 0 Å². The predicted molar refractivity (Wildman–Crippen MR) is 121 cm³/mol. The molecular weight excluding hydrogens is 414 g/mol. The Morgan fingerprint density at radius 1 is 1.13 bits per heavy atom. The molecule has 7 heteroatoms. The summed E-state index contributed by atoms with van der Waals surface area (Å²) >= 11 is 6.37. The van der Waals surface area contributed by atoms with Crippen LogP contribution in [-0.2, 0) is 4.79 Å². The molecule has 6 nitrogen and oxygen atoms in total. The van der Waals surface area contributed by atoms with E-state index < -0.39 is 6.04 Å². The maximum Gasteiger partial charge on any atom is 0.242 e. The van der Waals surface area contributed by atoms with Crippen molar-refractivity contribution in [2.45, 2.75) is 51.2 Å². The number of fused-ring (bicyclic) bond motifs is 1. The van der Waals surface area contributed by atoms with Crippen molar-refractivity contribution in [3.63, 3.8) is 0 Å². The molecule has 2 fully saturated rings. The summed E-state index contributed by atoms with van der Waals surface area (Å²) in [6, 6.07) is 11.0. The Morgan fingerprint density at radius 3 is 2.45 bits per heavy atom. The predicted octanol–water partition coefficient (Wildman–Crippen LogP) is 3.58. The summed E-state index contributed by atoms with van der Waals surface area (Å²) in [7, 11) is 0. The van der Waals surface area contributed by atoms with Gasteiger partial charge in [-0.25, -0.2) is 10.9 Å². The third-order valence-electron chi connectivity index (χ3n) is 6.56. The first-order valence-electron chi connectivity index (χ1n) is 10.8. The summed E-state index contributed by atoms with van der Waals surface area (Å²) in [4.78, 5) is 15.2. The number of nitrogens with one attached hydrogen (secondary N) is 2. The molecule has 4 atom stereocenters. The molecule has 0 spiro atoms. The Balaban J connectivity index is 1.76. The van der Waals surface area contributed by atoms with Gasteiger partial charge in [-0.05, 0) is 48.1 Å². The lowest BCUT2D eigenvalue weighted by atomic mass is 9.82. The van der Waals surface area contributed by atoms with Crippen LogP contribution in [0.3, 0.4) is 0 Å². The Labute approximate surface area is 188 Å². The number of aromatic hydroxyl groups is 1. The topological polar surface area (TPSA) is 84.8 Å². The number of hydrazine groups is 1. The number of phenolic OH excluding ortho intramolecular Hbond substituents is 1. The number of carbonyl (C=O) groups is 1. The van der Waals surface area contributed by atoms with Crippen LogP contribution in [0, 0.1) is 12.8 Å². The van der Waals surface area contributed by atoms with E-state index in [0.29, 0.717) is 29.5 Å². The molecule has 4 unspecified atom stereocenters. The molecule has 0 bridgehead atoms. The summed E-state index contributed by atoms with van der Waals surface area (Å²) in [5.74, 6) is 0.452. The second-order valence-electron chi connectivity index (χ2n) is 8.86. The number of hydrogen-bond donors (Lipinski definition) is 4. The van der Waals surface area contributed by atoms with Gasteiger partial charge in [-0.15, -0.1) is 0 Å². The zero-order chi connectivity index (χ0) is 22.3. The number of halogens is 1. The average molecular weight is 444 g/mol. The van der Waals surface area contributed by atoms with E-state index in [1.54, 1.807) is 12.1 Å². The number of benzene rings is 2. The number of aliphatic hydroxyl groups is 1. The lowest BCUT2D eigenvalue weighted by Gasteiger charge is -2.31. The van der Waals surface area contributed by atoms with E-state index in [0.717, 1.165) is 11.1 Å². The number of nitrogens with zero attached hydrogens (tertiary/aromatic N) is 1. The minimum absolute atomic E-state index is 0.00378. The van der Waals surface area contributed by atoms with Gasteiger partial charge in [0.1, 0.15) is 11.8 Å². The van der Waals surface area contributed by atoms with Gasteiger partial charge in [0, 0.05) is 29.7 Å². The van der Waals surface area contributed by atoms with Crippen LogP contribution in [0.5, 0.6) is 5.75 Å². The highest BCUT2D eigenvalue weighted by Gasteiger charge is 2.55. The maximum absolute atomic E-state index is 13.3. The quantitative estimate of drug-likeness (QED) is 0.548. The SMILES string of the molecule is Cc1cc(O)c(C2NNC3C(=O)N(CCCO)C(c4ccc(C(C)C)cc4)C32)cc1Cl. The van der Waals surface area contributed by atoms with Gasteiger partial charge in [0.25, 0.3) is 0 Å². The highest BCUT2D eigenvalue weighted by atomic mass is 35.5. The highest BCUT2D eigenvalue weighted by molar-refractivity contribution is 6.31. The van der Waals surface area contributed by atoms with Crippen LogP contribution in [0.1, 0.15) is 60.5 Å². The van der Waals surface area contributed by atoms with Gasteiger partial charge in [-0.3, -0.25) is 4.79 Å². The van der Waals surface area contributed by atoms with Gasteiger partial charge in [0.2, 0.25) is 5.91 Å². The molecule has 0 saturated carbocycles. The molecule has 2 aromatic carbocycles. The lowest BCUT2D eigenvalue weighted by Crippen LogP contribution is -2.41. The van der Waals surface area contributed by atoms with Gasteiger partial charge in [0.15, 0.2) is 0 Å². The van der Waals surface area contributed by atoms with Crippen LogP contribution in [0.4, 0.5) is 0 Å². The van der Waals surface area contributed by atoms with Gasteiger partial charge in [-0.1, -0.05) is 49.7 Å². The van der Waals surface area contributed by atoms with Crippen LogP contribution in [0.15, 0.2) is 36.4 Å². The van der Waals surface area contributed by atoms with Crippen molar-refractivity contribution < 1.29 is 15.0 Å². The van der Waals surface area contributed by atoms with E-state index in [2.05, 4.69) is 49.0 Å². The number of hydrogen-bond acceptors (Lipinski definition) is 5. The first kappa shape index (κ1) is 22.1. The van der Waals surface area contributed by atoms with Gasteiger partial charge in [-0.2, -0.15) is 0 Å². The van der Waals surface area contributed by atoms with E-state index in [1.807, 2.05) is 11.8 Å². The summed E-state index contributed by atoms with van der Waals surface area (Å²) in [6.07, 6.45) is 0.519. The van der Waals surface area contributed by atoms with Crippen molar-refractivity contribution in [1.29, 1.82) is 0 Å². The zero-order valence-electron chi connectivity index (χ0n) is 18.1. The molecule has 2 saturated heterocycles. The lowest BCUT2D eigenvalue weighted by molar-refractivity contribution is -0.130. The van der Waals surface area contributed by atoms with Crippen molar-refractivity contribution >= 4 is 17.5 Å². The fourth-order valence-electron chi connectivity index (χ4n) is 4.87. The number of phenols is 1. The Kier molecular flexibility index (Phi) is 6.26. The number of likely N-dealkylation sites (tertiary alicyclic amines) is 1. The average Bonchev–Trinajstić information content (AvgIpc) is 3.28. The number of amides is 1. The normalized spacial score (nSPS) is 25.5. The highest BCUT2D eigenvalue weighted by Crippen LogP contribution is 2.49. The Bertz CT molecular complexity index is 963. The second-order valence-corrected chi connectivity index (χ2v) is 9.26. The van der Waals surface area contributed by atoms with E-state index in [4.69, 9.17) is 11.6 Å². The van der Waals surface area contributed by atoms with E-state index in [1.165, 1.54) is 5.56 Å². The van der Waals surface area contributed by atoms with Gasteiger partial charge < -0.3 is 15.1 Å². The molecular formula is C24H30ClN3O3. The molecule has 4 N–H and O–H groups in total. The molecule has 0 radical (unpaired) electrons. The van der Waals surface area contributed by atoms with E-state index in [-0.39, 0.29) is 36.3 Å². The van der Waals surface area contributed by atoms with Crippen molar-refractivity contribution in [2.75, 3.05) is 13.2 Å². The number of aryl methyl sites for hydroxylation is 1. The van der Waals surface area contributed by atoms with Gasteiger partial charge in [0.05, 0.1) is 12.1 Å².